The van der Waals surface area contributed by atoms with Crippen molar-refractivity contribution >= 4 is 23.4 Å². The summed E-state index contributed by atoms with van der Waals surface area (Å²) in [5, 5.41) is 1.10. The molecule has 0 aliphatic heterocycles. The second-order valence-corrected chi connectivity index (χ2v) is 4.79. The summed E-state index contributed by atoms with van der Waals surface area (Å²) in [4.78, 5) is 7.74. The molecule has 0 bridgehead atoms. The maximum absolute atomic E-state index is 12.6. The van der Waals surface area contributed by atoms with Crippen LogP contribution in [-0.4, -0.2) is 17.1 Å². The second-order valence-electron chi connectivity index (χ2n) is 3.44. The summed E-state index contributed by atoms with van der Waals surface area (Å²) in [6.07, 6.45) is 2.30. The van der Waals surface area contributed by atoms with Crippen LogP contribution in [0, 0.1) is 5.82 Å². The Balaban J connectivity index is 2.02. The van der Waals surface area contributed by atoms with Crippen LogP contribution in [0.4, 0.5) is 4.39 Å². The molecule has 6 heteroatoms. The van der Waals surface area contributed by atoms with E-state index in [0.29, 0.717) is 21.7 Å². The van der Waals surface area contributed by atoms with Crippen molar-refractivity contribution in [2.45, 2.75) is 10.9 Å². The summed E-state index contributed by atoms with van der Waals surface area (Å²) >= 11 is 7.43. The van der Waals surface area contributed by atoms with E-state index in [4.69, 9.17) is 16.3 Å². The second kappa shape index (κ2) is 6.02. The first-order chi connectivity index (χ1) is 8.69. The van der Waals surface area contributed by atoms with E-state index < -0.39 is 5.82 Å². The van der Waals surface area contributed by atoms with Gasteiger partial charge in [0.25, 0.3) is 0 Å². The van der Waals surface area contributed by atoms with Crippen molar-refractivity contribution in [3.05, 3.63) is 47.0 Å². The van der Waals surface area contributed by atoms with Crippen LogP contribution in [-0.2, 0) is 5.75 Å². The zero-order chi connectivity index (χ0) is 13.0. The van der Waals surface area contributed by atoms with E-state index in [-0.39, 0.29) is 0 Å². The molecule has 0 atom stereocenters. The van der Waals surface area contributed by atoms with Crippen LogP contribution in [0.2, 0.25) is 5.02 Å². The summed E-state index contributed by atoms with van der Waals surface area (Å²) in [5.74, 6) is 0.866. The Morgan fingerprint density at radius 3 is 2.67 bits per heavy atom. The van der Waals surface area contributed by atoms with Gasteiger partial charge in [0, 0.05) is 5.75 Å². The normalized spacial score (nSPS) is 10.4. The molecule has 0 fully saturated rings. The van der Waals surface area contributed by atoms with Crippen LogP contribution < -0.4 is 4.74 Å². The zero-order valence-electron chi connectivity index (χ0n) is 9.56. The Labute approximate surface area is 113 Å². The Morgan fingerprint density at radius 2 is 2.06 bits per heavy atom. The predicted molar refractivity (Wildman–Crippen MR) is 69.6 cm³/mol. The van der Waals surface area contributed by atoms with E-state index in [2.05, 4.69) is 9.97 Å². The topological polar surface area (TPSA) is 35.0 Å². The van der Waals surface area contributed by atoms with Gasteiger partial charge in [0.2, 0.25) is 0 Å². The maximum Gasteiger partial charge on any atom is 0.187 e. The third kappa shape index (κ3) is 3.34. The zero-order valence-corrected chi connectivity index (χ0v) is 11.1. The third-order valence-corrected chi connectivity index (χ3v) is 3.42. The molecule has 0 radical (unpaired) electrons. The van der Waals surface area contributed by atoms with Crippen LogP contribution in [0.3, 0.4) is 0 Å². The van der Waals surface area contributed by atoms with Gasteiger partial charge in [-0.25, -0.2) is 14.4 Å². The lowest BCUT2D eigenvalue weighted by molar-refractivity contribution is 0.415. The third-order valence-electron chi connectivity index (χ3n) is 2.18. The van der Waals surface area contributed by atoms with Crippen LogP contribution in [0.25, 0.3) is 0 Å². The molecule has 3 nitrogen and oxygen atoms in total. The minimum absolute atomic E-state index is 0.438. The average molecular weight is 285 g/mol. The fourth-order valence-corrected chi connectivity index (χ4v) is 2.33. The van der Waals surface area contributed by atoms with Gasteiger partial charge < -0.3 is 4.74 Å². The Morgan fingerprint density at radius 1 is 1.33 bits per heavy atom. The fraction of sp³-hybridized carbons (Fsp3) is 0.167. The molecule has 0 amide bonds. The Hall–Kier alpha value is -1.33. The van der Waals surface area contributed by atoms with Gasteiger partial charge in [-0.2, -0.15) is 0 Å². The van der Waals surface area contributed by atoms with Crippen LogP contribution in [0.1, 0.15) is 5.56 Å². The number of ether oxygens (including phenoxy) is 1. The minimum atomic E-state index is -0.438. The van der Waals surface area contributed by atoms with E-state index in [0.717, 1.165) is 18.0 Å². The summed E-state index contributed by atoms with van der Waals surface area (Å²) < 4.78 is 17.7. The SMILES string of the molecule is COc1ccc(CSc2ncc(F)cn2)cc1Cl. The largest absolute Gasteiger partial charge is 0.495 e. The van der Waals surface area contributed by atoms with E-state index in [9.17, 15) is 4.39 Å². The molecule has 2 rings (SSSR count). The van der Waals surface area contributed by atoms with Gasteiger partial charge in [-0.3, -0.25) is 0 Å². The summed E-state index contributed by atoms with van der Waals surface area (Å²) in [6.45, 7) is 0. The molecule has 0 saturated heterocycles. The number of methoxy groups -OCH3 is 1. The van der Waals surface area contributed by atoms with Crippen molar-refractivity contribution in [3.8, 4) is 5.75 Å². The van der Waals surface area contributed by atoms with Crippen molar-refractivity contribution in [2.75, 3.05) is 7.11 Å². The van der Waals surface area contributed by atoms with Crippen LogP contribution in [0.5, 0.6) is 5.75 Å². The maximum atomic E-state index is 12.6. The van der Waals surface area contributed by atoms with E-state index in [1.165, 1.54) is 11.8 Å². The number of thioether (sulfide) groups is 1. The number of hydrogen-bond acceptors (Lipinski definition) is 4. The first kappa shape index (κ1) is 13.1. The standard InChI is InChI=1S/C12H10ClFN2OS/c1-17-11-3-2-8(4-10(11)13)7-18-12-15-5-9(14)6-16-12/h2-6H,7H2,1H3. The highest BCUT2D eigenvalue weighted by atomic mass is 35.5. The number of halogens is 2. The minimum Gasteiger partial charge on any atom is -0.495 e. The van der Waals surface area contributed by atoms with Crippen molar-refractivity contribution in [1.82, 2.24) is 9.97 Å². The molecular formula is C12H10ClFN2OS. The van der Waals surface area contributed by atoms with Crippen molar-refractivity contribution < 1.29 is 9.13 Å². The quantitative estimate of drug-likeness (QED) is 0.635. The highest BCUT2D eigenvalue weighted by Gasteiger charge is 2.04. The lowest BCUT2D eigenvalue weighted by Gasteiger charge is -2.05. The first-order valence-corrected chi connectivity index (χ1v) is 6.48. The van der Waals surface area contributed by atoms with Crippen molar-refractivity contribution in [2.24, 2.45) is 0 Å². The van der Waals surface area contributed by atoms with Gasteiger partial charge in [0.05, 0.1) is 24.5 Å². The van der Waals surface area contributed by atoms with Gasteiger partial charge in [0.1, 0.15) is 5.75 Å². The van der Waals surface area contributed by atoms with E-state index in [1.807, 2.05) is 18.2 Å². The van der Waals surface area contributed by atoms with Crippen molar-refractivity contribution in [1.29, 1.82) is 0 Å². The van der Waals surface area contributed by atoms with Crippen molar-refractivity contribution in [3.63, 3.8) is 0 Å². The van der Waals surface area contributed by atoms with Gasteiger partial charge >= 0.3 is 0 Å². The predicted octanol–water partition coefficient (Wildman–Crippen LogP) is 3.57. The number of benzene rings is 1. The van der Waals surface area contributed by atoms with Crippen LogP contribution >= 0.6 is 23.4 Å². The molecule has 2 aromatic rings. The lowest BCUT2D eigenvalue weighted by Crippen LogP contribution is -1.89. The summed E-state index contributed by atoms with van der Waals surface area (Å²) in [5.41, 5.74) is 1.03. The number of aromatic nitrogens is 2. The number of rotatable bonds is 4. The monoisotopic (exact) mass is 284 g/mol. The Bertz CT molecular complexity index is 536. The summed E-state index contributed by atoms with van der Waals surface area (Å²) in [6, 6.07) is 5.56. The molecule has 0 N–H and O–H groups in total. The first-order valence-electron chi connectivity index (χ1n) is 5.12. The van der Waals surface area contributed by atoms with Gasteiger partial charge in [-0.1, -0.05) is 29.4 Å². The van der Waals surface area contributed by atoms with Gasteiger partial charge in [-0.15, -0.1) is 0 Å². The van der Waals surface area contributed by atoms with Gasteiger partial charge in [0.15, 0.2) is 11.0 Å². The average Bonchev–Trinajstić information content (AvgIpc) is 2.38. The molecular weight excluding hydrogens is 275 g/mol. The smallest absolute Gasteiger partial charge is 0.187 e. The van der Waals surface area contributed by atoms with Crippen LogP contribution in [0.15, 0.2) is 35.7 Å². The molecule has 0 aliphatic carbocycles. The molecule has 0 saturated carbocycles. The molecule has 1 aromatic carbocycles. The molecule has 18 heavy (non-hydrogen) atoms. The molecule has 0 aliphatic rings. The molecule has 0 unspecified atom stereocenters. The Kier molecular flexibility index (Phi) is 4.38. The number of hydrogen-bond donors (Lipinski definition) is 0. The fourth-order valence-electron chi connectivity index (χ4n) is 1.32. The number of nitrogens with zero attached hydrogens (tertiary/aromatic N) is 2. The van der Waals surface area contributed by atoms with Gasteiger partial charge in [-0.05, 0) is 17.7 Å². The highest BCUT2D eigenvalue weighted by molar-refractivity contribution is 7.98. The molecule has 0 spiro atoms. The van der Waals surface area contributed by atoms with E-state index >= 15 is 0 Å². The summed E-state index contributed by atoms with van der Waals surface area (Å²) in [7, 11) is 1.57. The lowest BCUT2D eigenvalue weighted by atomic mass is 10.2. The highest BCUT2D eigenvalue weighted by Crippen LogP contribution is 2.27. The molecule has 94 valence electrons. The molecule has 1 aromatic heterocycles. The van der Waals surface area contributed by atoms with E-state index in [1.54, 1.807) is 7.11 Å². The molecule has 1 heterocycles.